The Morgan fingerprint density at radius 2 is 1.91 bits per heavy atom. The predicted molar refractivity (Wildman–Crippen MR) is 84.1 cm³/mol. The van der Waals surface area contributed by atoms with E-state index < -0.39 is 5.97 Å². The molecule has 0 aliphatic heterocycles. The van der Waals surface area contributed by atoms with Crippen LogP contribution in [-0.2, 0) is 6.54 Å². The minimum Gasteiger partial charge on any atom is -0.478 e. The lowest BCUT2D eigenvalue weighted by atomic mass is 10.1. The van der Waals surface area contributed by atoms with E-state index in [2.05, 4.69) is 28.2 Å². The number of aromatic nitrogens is 3. The van der Waals surface area contributed by atoms with Crippen LogP contribution in [0.15, 0.2) is 55.1 Å². The smallest absolute Gasteiger partial charge is 0.335 e. The SMILES string of the molecule is O=C(O)c1ccc2c(c1)[nH]c1cc(Cn3ccnc3)ccc12. The Hall–Kier alpha value is -3.08. The minimum absolute atomic E-state index is 0.290. The van der Waals surface area contributed by atoms with Crippen molar-refractivity contribution < 1.29 is 9.90 Å². The molecule has 4 aromatic rings. The summed E-state index contributed by atoms with van der Waals surface area (Å²) < 4.78 is 2.01. The van der Waals surface area contributed by atoms with Crippen LogP contribution in [0.3, 0.4) is 0 Å². The van der Waals surface area contributed by atoms with Gasteiger partial charge in [-0.2, -0.15) is 0 Å². The standard InChI is InChI=1S/C17H13N3O2/c21-17(22)12-2-4-14-13-3-1-11(9-20-6-5-18-10-20)7-15(13)19-16(14)8-12/h1-8,10,19H,9H2,(H,21,22). The zero-order valence-electron chi connectivity index (χ0n) is 11.7. The van der Waals surface area contributed by atoms with Gasteiger partial charge in [0.2, 0.25) is 0 Å². The van der Waals surface area contributed by atoms with Crippen molar-refractivity contribution in [3.8, 4) is 0 Å². The minimum atomic E-state index is -0.915. The van der Waals surface area contributed by atoms with Gasteiger partial charge in [-0.05, 0) is 23.8 Å². The van der Waals surface area contributed by atoms with Crippen LogP contribution in [0.4, 0.5) is 0 Å². The molecule has 5 heteroatoms. The third-order valence-electron chi connectivity index (χ3n) is 3.83. The van der Waals surface area contributed by atoms with Gasteiger partial charge in [0.25, 0.3) is 0 Å². The van der Waals surface area contributed by atoms with E-state index in [0.717, 1.165) is 33.9 Å². The van der Waals surface area contributed by atoms with Gasteiger partial charge in [-0.1, -0.05) is 18.2 Å². The number of benzene rings is 2. The number of H-pyrrole nitrogens is 1. The summed E-state index contributed by atoms with van der Waals surface area (Å²) in [6.07, 6.45) is 5.47. The maximum atomic E-state index is 11.1. The molecule has 0 atom stereocenters. The third-order valence-corrected chi connectivity index (χ3v) is 3.83. The average molecular weight is 291 g/mol. The topological polar surface area (TPSA) is 70.9 Å². The first-order valence-corrected chi connectivity index (χ1v) is 6.94. The molecule has 0 spiro atoms. The second kappa shape index (κ2) is 4.73. The van der Waals surface area contributed by atoms with E-state index in [1.54, 1.807) is 24.7 Å². The zero-order valence-corrected chi connectivity index (χ0v) is 11.7. The predicted octanol–water partition coefficient (Wildman–Crippen LogP) is 3.26. The maximum absolute atomic E-state index is 11.1. The van der Waals surface area contributed by atoms with Crippen molar-refractivity contribution in [2.24, 2.45) is 0 Å². The fourth-order valence-corrected chi connectivity index (χ4v) is 2.78. The molecule has 2 aromatic heterocycles. The van der Waals surface area contributed by atoms with E-state index in [1.165, 1.54) is 0 Å². The fourth-order valence-electron chi connectivity index (χ4n) is 2.78. The molecule has 22 heavy (non-hydrogen) atoms. The molecule has 0 aliphatic carbocycles. The molecule has 0 fully saturated rings. The van der Waals surface area contributed by atoms with Gasteiger partial charge in [-0.25, -0.2) is 9.78 Å². The van der Waals surface area contributed by atoms with Crippen LogP contribution in [0.5, 0.6) is 0 Å². The van der Waals surface area contributed by atoms with Crippen molar-refractivity contribution >= 4 is 27.8 Å². The highest BCUT2D eigenvalue weighted by Gasteiger charge is 2.09. The van der Waals surface area contributed by atoms with Gasteiger partial charge in [0.1, 0.15) is 0 Å². The lowest BCUT2D eigenvalue weighted by Crippen LogP contribution is -1.95. The second-order valence-electron chi connectivity index (χ2n) is 5.31. The molecule has 2 N–H and O–H groups in total. The molecule has 0 radical (unpaired) electrons. The molecule has 0 unspecified atom stereocenters. The molecule has 2 heterocycles. The van der Waals surface area contributed by atoms with E-state index in [-0.39, 0.29) is 5.56 Å². The van der Waals surface area contributed by atoms with Crippen LogP contribution >= 0.6 is 0 Å². The summed E-state index contributed by atoms with van der Waals surface area (Å²) in [4.78, 5) is 18.4. The Labute approximate surface area is 125 Å². The van der Waals surface area contributed by atoms with Crippen LogP contribution in [-0.4, -0.2) is 25.6 Å². The molecule has 5 nitrogen and oxygen atoms in total. The Kier molecular flexibility index (Phi) is 2.72. The highest BCUT2D eigenvalue weighted by atomic mass is 16.4. The molecule has 0 aliphatic rings. The summed E-state index contributed by atoms with van der Waals surface area (Å²) in [5.74, 6) is -0.915. The number of rotatable bonds is 3. The molecular formula is C17H13N3O2. The Morgan fingerprint density at radius 1 is 1.14 bits per heavy atom. The van der Waals surface area contributed by atoms with Gasteiger partial charge in [-0.3, -0.25) is 0 Å². The lowest BCUT2D eigenvalue weighted by molar-refractivity contribution is 0.0697. The fraction of sp³-hybridized carbons (Fsp3) is 0.0588. The Balaban J connectivity index is 1.82. The first kappa shape index (κ1) is 12.6. The highest BCUT2D eigenvalue weighted by molar-refractivity contribution is 6.08. The maximum Gasteiger partial charge on any atom is 0.335 e. The van der Waals surface area contributed by atoms with Gasteiger partial charge in [0, 0.05) is 40.7 Å². The first-order chi connectivity index (χ1) is 10.7. The van der Waals surface area contributed by atoms with Crippen molar-refractivity contribution in [3.63, 3.8) is 0 Å². The van der Waals surface area contributed by atoms with Gasteiger partial charge in [-0.15, -0.1) is 0 Å². The number of aromatic amines is 1. The van der Waals surface area contributed by atoms with Crippen molar-refractivity contribution in [1.82, 2.24) is 14.5 Å². The van der Waals surface area contributed by atoms with E-state index in [4.69, 9.17) is 5.11 Å². The van der Waals surface area contributed by atoms with E-state index in [9.17, 15) is 4.79 Å². The summed E-state index contributed by atoms with van der Waals surface area (Å²) in [6.45, 7) is 0.756. The van der Waals surface area contributed by atoms with Crippen LogP contribution < -0.4 is 0 Å². The van der Waals surface area contributed by atoms with Crippen LogP contribution in [0.2, 0.25) is 0 Å². The second-order valence-corrected chi connectivity index (χ2v) is 5.31. The highest BCUT2D eigenvalue weighted by Crippen LogP contribution is 2.27. The quantitative estimate of drug-likeness (QED) is 0.608. The summed E-state index contributed by atoms with van der Waals surface area (Å²) in [5.41, 5.74) is 3.30. The van der Waals surface area contributed by atoms with E-state index >= 15 is 0 Å². The summed E-state index contributed by atoms with van der Waals surface area (Å²) in [7, 11) is 0. The number of nitrogens with one attached hydrogen (secondary N) is 1. The molecule has 4 rings (SSSR count). The van der Waals surface area contributed by atoms with Crippen LogP contribution in [0, 0.1) is 0 Å². The zero-order chi connectivity index (χ0) is 15.1. The number of nitrogens with zero attached hydrogens (tertiary/aromatic N) is 2. The van der Waals surface area contributed by atoms with Crippen LogP contribution in [0.25, 0.3) is 21.8 Å². The summed E-state index contributed by atoms with van der Waals surface area (Å²) in [6, 6.07) is 11.4. The largest absolute Gasteiger partial charge is 0.478 e. The molecular weight excluding hydrogens is 278 g/mol. The lowest BCUT2D eigenvalue weighted by Gasteiger charge is -2.02. The summed E-state index contributed by atoms with van der Waals surface area (Å²) in [5, 5.41) is 11.2. The number of fused-ring (bicyclic) bond motifs is 3. The Bertz CT molecular complexity index is 984. The first-order valence-electron chi connectivity index (χ1n) is 6.94. The van der Waals surface area contributed by atoms with E-state index in [0.29, 0.717) is 0 Å². The number of aromatic carboxylic acids is 1. The number of carbonyl (C=O) groups is 1. The number of hydrogen-bond acceptors (Lipinski definition) is 2. The van der Waals surface area contributed by atoms with Gasteiger partial charge in [0.15, 0.2) is 0 Å². The molecule has 0 amide bonds. The number of hydrogen-bond donors (Lipinski definition) is 2. The van der Waals surface area contributed by atoms with Crippen molar-refractivity contribution in [2.75, 3.05) is 0 Å². The summed E-state index contributed by atoms with van der Waals surface area (Å²) >= 11 is 0. The van der Waals surface area contributed by atoms with Crippen molar-refractivity contribution in [1.29, 1.82) is 0 Å². The molecule has 0 saturated carbocycles. The third kappa shape index (κ3) is 2.03. The van der Waals surface area contributed by atoms with Gasteiger partial charge < -0.3 is 14.7 Å². The van der Waals surface area contributed by atoms with Crippen LogP contribution in [0.1, 0.15) is 15.9 Å². The van der Waals surface area contributed by atoms with Crippen molar-refractivity contribution in [2.45, 2.75) is 6.54 Å². The molecule has 108 valence electrons. The Morgan fingerprint density at radius 3 is 2.64 bits per heavy atom. The van der Waals surface area contributed by atoms with Gasteiger partial charge >= 0.3 is 5.97 Å². The molecule has 0 bridgehead atoms. The number of carboxylic acids is 1. The monoisotopic (exact) mass is 291 g/mol. The average Bonchev–Trinajstić information content (AvgIpc) is 3.13. The van der Waals surface area contributed by atoms with Gasteiger partial charge in [0.05, 0.1) is 11.9 Å². The number of carboxylic acid groups (broad SMARTS) is 1. The van der Waals surface area contributed by atoms with E-state index in [1.807, 2.05) is 16.8 Å². The normalized spacial score (nSPS) is 11.3. The number of imidazole rings is 1. The molecule has 2 aromatic carbocycles. The van der Waals surface area contributed by atoms with Crippen molar-refractivity contribution in [3.05, 3.63) is 66.2 Å². The molecule has 0 saturated heterocycles.